The van der Waals surface area contributed by atoms with E-state index in [1.807, 2.05) is 6.07 Å². The van der Waals surface area contributed by atoms with Gasteiger partial charge >= 0.3 is 5.97 Å². The van der Waals surface area contributed by atoms with Crippen molar-refractivity contribution in [3.05, 3.63) is 52.7 Å². The molecular formula is C14H14N2O4. The number of hydrogen-bond donors (Lipinski definition) is 0. The highest BCUT2D eigenvalue weighted by molar-refractivity contribution is 5.88. The molecule has 0 aliphatic rings. The normalized spacial score (nSPS) is 10.4. The second kappa shape index (κ2) is 5.56. The number of carbonyl (C=O) groups is 1. The zero-order valence-electron chi connectivity index (χ0n) is 11.0. The van der Waals surface area contributed by atoms with E-state index in [0.717, 1.165) is 5.39 Å². The van der Waals surface area contributed by atoms with Gasteiger partial charge in [-0.3, -0.25) is 10.1 Å². The molecule has 0 bridgehead atoms. The van der Waals surface area contributed by atoms with Crippen molar-refractivity contribution >= 4 is 22.6 Å². The predicted molar refractivity (Wildman–Crippen MR) is 74.4 cm³/mol. The Morgan fingerprint density at radius 2 is 2.20 bits per heavy atom. The van der Waals surface area contributed by atoms with Crippen molar-refractivity contribution < 1.29 is 14.5 Å². The first-order valence-corrected chi connectivity index (χ1v) is 6.11. The quantitative estimate of drug-likeness (QED) is 0.363. The van der Waals surface area contributed by atoms with Gasteiger partial charge in [0.25, 0.3) is 5.69 Å². The van der Waals surface area contributed by atoms with Crippen molar-refractivity contribution in [1.82, 2.24) is 4.57 Å². The van der Waals surface area contributed by atoms with Gasteiger partial charge in [-0.1, -0.05) is 6.58 Å². The molecule has 0 spiro atoms. The second-order valence-electron chi connectivity index (χ2n) is 4.27. The molecule has 0 amide bonds. The summed E-state index contributed by atoms with van der Waals surface area (Å²) in [7, 11) is 0. The van der Waals surface area contributed by atoms with Crippen LogP contribution in [0.15, 0.2) is 42.6 Å². The van der Waals surface area contributed by atoms with E-state index in [1.165, 1.54) is 12.1 Å². The highest BCUT2D eigenvalue weighted by atomic mass is 16.6. The second-order valence-corrected chi connectivity index (χ2v) is 4.27. The lowest BCUT2D eigenvalue weighted by Gasteiger charge is -2.07. The van der Waals surface area contributed by atoms with Gasteiger partial charge in [-0.05, 0) is 19.1 Å². The number of hydrogen-bond acceptors (Lipinski definition) is 4. The maximum atomic E-state index is 11.5. The molecule has 0 radical (unpaired) electrons. The van der Waals surface area contributed by atoms with Gasteiger partial charge in [-0.2, -0.15) is 0 Å². The molecule has 0 saturated carbocycles. The van der Waals surface area contributed by atoms with E-state index in [9.17, 15) is 14.9 Å². The van der Waals surface area contributed by atoms with Crippen LogP contribution < -0.4 is 0 Å². The van der Waals surface area contributed by atoms with Crippen LogP contribution in [0.4, 0.5) is 5.69 Å². The minimum atomic E-state index is -0.459. The standard InChI is InChI=1S/C14H14N2O4/c1-3-20-14(17)10(2)9-15-7-6-11-4-5-12(16(18)19)8-13(11)15/h4-8H,2-3,9H2,1H3. The molecule has 2 rings (SSSR count). The van der Waals surface area contributed by atoms with Crippen LogP contribution in [-0.4, -0.2) is 22.1 Å². The third-order valence-corrected chi connectivity index (χ3v) is 2.89. The Bertz CT molecular complexity index is 688. The Hall–Kier alpha value is -2.63. The number of aromatic nitrogens is 1. The Morgan fingerprint density at radius 1 is 1.45 bits per heavy atom. The summed E-state index contributed by atoms with van der Waals surface area (Å²) in [4.78, 5) is 21.9. The van der Waals surface area contributed by atoms with Gasteiger partial charge < -0.3 is 9.30 Å². The van der Waals surface area contributed by atoms with E-state index in [4.69, 9.17) is 4.74 Å². The number of carbonyl (C=O) groups excluding carboxylic acids is 1. The van der Waals surface area contributed by atoms with E-state index in [0.29, 0.717) is 11.1 Å². The molecule has 6 nitrogen and oxygen atoms in total. The Balaban J connectivity index is 2.30. The smallest absolute Gasteiger partial charge is 0.335 e. The van der Waals surface area contributed by atoms with Crippen molar-refractivity contribution in [2.24, 2.45) is 0 Å². The lowest BCUT2D eigenvalue weighted by molar-refractivity contribution is -0.384. The number of rotatable bonds is 5. The van der Waals surface area contributed by atoms with Crippen LogP contribution in [0.2, 0.25) is 0 Å². The number of nitrogens with zero attached hydrogens (tertiary/aromatic N) is 2. The van der Waals surface area contributed by atoms with Crippen LogP contribution in [0.25, 0.3) is 10.9 Å². The first kappa shape index (κ1) is 13.8. The molecule has 104 valence electrons. The molecule has 0 aliphatic carbocycles. The minimum absolute atomic E-state index is 0.0131. The lowest BCUT2D eigenvalue weighted by Crippen LogP contribution is -2.11. The van der Waals surface area contributed by atoms with Crippen molar-refractivity contribution in [3.8, 4) is 0 Å². The third kappa shape index (κ3) is 2.69. The molecule has 0 N–H and O–H groups in total. The molecule has 1 aromatic carbocycles. The van der Waals surface area contributed by atoms with Gasteiger partial charge in [-0.25, -0.2) is 4.79 Å². The fourth-order valence-electron chi connectivity index (χ4n) is 1.93. The Morgan fingerprint density at radius 3 is 2.85 bits per heavy atom. The first-order chi connectivity index (χ1) is 9.52. The number of non-ortho nitro benzene ring substituents is 1. The summed E-state index contributed by atoms with van der Waals surface area (Å²) in [5, 5.41) is 11.7. The molecule has 2 aromatic rings. The summed E-state index contributed by atoms with van der Waals surface area (Å²) in [5.74, 6) is -0.459. The fourth-order valence-corrected chi connectivity index (χ4v) is 1.93. The number of ether oxygens (including phenoxy) is 1. The highest BCUT2D eigenvalue weighted by Crippen LogP contribution is 2.22. The van der Waals surface area contributed by atoms with Crippen molar-refractivity contribution in [2.75, 3.05) is 6.61 Å². The van der Waals surface area contributed by atoms with E-state index in [1.54, 1.807) is 23.8 Å². The molecule has 0 aliphatic heterocycles. The minimum Gasteiger partial charge on any atom is -0.463 e. The topological polar surface area (TPSA) is 74.4 Å². The van der Waals surface area contributed by atoms with Crippen LogP contribution in [0.3, 0.4) is 0 Å². The Kier molecular flexibility index (Phi) is 3.84. The fraction of sp³-hybridized carbons (Fsp3) is 0.214. The van der Waals surface area contributed by atoms with Crippen LogP contribution >= 0.6 is 0 Å². The summed E-state index contributed by atoms with van der Waals surface area (Å²) >= 11 is 0. The van der Waals surface area contributed by atoms with Gasteiger partial charge in [0.05, 0.1) is 23.6 Å². The van der Waals surface area contributed by atoms with Gasteiger partial charge in [0.2, 0.25) is 0 Å². The molecule has 20 heavy (non-hydrogen) atoms. The first-order valence-electron chi connectivity index (χ1n) is 6.11. The van der Waals surface area contributed by atoms with E-state index in [2.05, 4.69) is 6.58 Å². The number of nitro groups is 1. The summed E-state index contributed by atoms with van der Waals surface area (Å²) in [5.41, 5.74) is 1.000. The van der Waals surface area contributed by atoms with Crippen LogP contribution in [0, 0.1) is 10.1 Å². The van der Waals surface area contributed by atoms with E-state index < -0.39 is 10.9 Å². The van der Waals surface area contributed by atoms with Crippen LogP contribution in [0.1, 0.15) is 6.92 Å². The molecule has 0 fully saturated rings. The summed E-state index contributed by atoms with van der Waals surface area (Å²) in [6.07, 6.45) is 1.76. The molecule has 1 aromatic heterocycles. The average Bonchev–Trinajstić information content (AvgIpc) is 2.81. The number of benzene rings is 1. The molecule has 6 heteroatoms. The molecule has 0 saturated heterocycles. The van der Waals surface area contributed by atoms with Crippen LogP contribution in [-0.2, 0) is 16.1 Å². The monoisotopic (exact) mass is 274 g/mol. The predicted octanol–water partition coefficient (Wildman–Crippen LogP) is 2.67. The van der Waals surface area contributed by atoms with E-state index >= 15 is 0 Å². The number of nitro benzene ring substituents is 1. The van der Waals surface area contributed by atoms with Crippen molar-refractivity contribution in [2.45, 2.75) is 13.5 Å². The number of fused-ring (bicyclic) bond motifs is 1. The van der Waals surface area contributed by atoms with Crippen LogP contribution in [0.5, 0.6) is 0 Å². The molecular weight excluding hydrogens is 260 g/mol. The largest absolute Gasteiger partial charge is 0.463 e. The SMILES string of the molecule is C=C(Cn1ccc2ccc([N+](=O)[O-])cc21)C(=O)OCC. The Labute approximate surface area is 115 Å². The summed E-state index contributed by atoms with van der Waals surface area (Å²) in [6.45, 7) is 5.93. The average molecular weight is 274 g/mol. The molecule has 0 atom stereocenters. The van der Waals surface area contributed by atoms with Gasteiger partial charge in [0.15, 0.2) is 0 Å². The lowest BCUT2D eigenvalue weighted by atomic mass is 10.2. The van der Waals surface area contributed by atoms with Gasteiger partial charge in [0.1, 0.15) is 0 Å². The molecule has 0 unspecified atom stereocenters. The van der Waals surface area contributed by atoms with E-state index in [-0.39, 0.29) is 18.8 Å². The molecule has 1 heterocycles. The van der Waals surface area contributed by atoms with Gasteiger partial charge in [-0.15, -0.1) is 0 Å². The number of esters is 1. The zero-order chi connectivity index (χ0) is 14.7. The summed E-state index contributed by atoms with van der Waals surface area (Å²) < 4.78 is 6.60. The summed E-state index contributed by atoms with van der Waals surface area (Å²) in [6, 6.07) is 6.44. The maximum absolute atomic E-state index is 11.5. The highest BCUT2D eigenvalue weighted by Gasteiger charge is 2.12. The van der Waals surface area contributed by atoms with Gasteiger partial charge in [0, 0.05) is 29.3 Å². The van der Waals surface area contributed by atoms with Crippen molar-refractivity contribution in [3.63, 3.8) is 0 Å². The maximum Gasteiger partial charge on any atom is 0.335 e. The third-order valence-electron chi connectivity index (χ3n) is 2.89. The van der Waals surface area contributed by atoms with Crippen molar-refractivity contribution in [1.29, 1.82) is 0 Å². The zero-order valence-corrected chi connectivity index (χ0v) is 11.0.